The first-order valence-electron chi connectivity index (χ1n) is 13.9. The maximum atomic E-state index is 13.5. The largest absolute Gasteiger partial charge is 0.507 e. The molecule has 1 saturated heterocycles. The van der Waals surface area contributed by atoms with E-state index >= 15 is 0 Å². The number of Topliss-reactive ketones (excluding diaryl/α,β-unsaturated/α-hetero) is 1. The lowest BCUT2D eigenvalue weighted by Crippen LogP contribution is -2.38. The smallest absolute Gasteiger partial charge is 0.295 e. The molecule has 0 radical (unpaired) electrons. The lowest BCUT2D eigenvalue weighted by Gasteiger charge is -2.28. The average Bonchev–Trinajstić information content (AvgIpc) is 3.44. The number of fused-ring (bicyclic) bond motifs is 1. The van der Waals surface area contributed by atoms with Gasteiger partial charge in [0.05, 0.1) is 25.3 Å². The van der Waals surface area contributed by atoms with E-state index in [9.17, 15) is 14.7 Å². The fraction of sp³-hybridized carbons (Fsp3) is 0.484. The third-order valence-electron chi connectivity index (χ3n) is 7.52. The number of amides is 1. The molecule has 8 nitrogen and oxygen atoms in total. The molecule has 0 unspecified atom stereocenters. The van der Waals surface area contributed by atoms with Crippen LogP contribution in [0, 0.1) is 0 Å². The number of aliphatic hydroxyl groups excluding tert-OH is 1. The predicted octanol–water partition coefficient (Wildman–Crippen LogP) is 4.96. The van der Waals surface area contributed by atoms with E-state index in [-0.39, 0.29) is 17.4 Å². The number of likely N-dealkylation sites (N-methyl/N-ethyl adjacent to an activating group) is 1. The summed E-state index contributed by atoms with van der Waals surface area (Å²) in [6.45, 7) is 11.4. The SMILES string of the molecule is CCCCOc1ccc([C@@H]2C(=C(O)c3ccc4c(c3)C[C@H](C)O4)C(=O)C(=O)N2CCN(CC)CC)cc1OC. The molecule has 0 spiro atoms. The summed E-state index contributed by atoms with van der Waals surface area (Å²) in [7, 11) is 1.57. The van der Waals surface area contributed by atoms with Crippen LogP contribution < -0.4 is 14.2 Å². The van der Waals surface area contributed by atoms with Gasteiger partial charge < -0.3 is 29.1 Å². The number of nitrogens with zero attached hydrogens (tertiary/aromatic N) is 2. The van der Waals surface area contributed by atoms with Crippen molar-refractivity contribution in [2.45, 2.75) is 59.1 Å². The molecule has 2 aliphatic rings. The highest BCUT2D eigenvalue weighted by Crippen LogP contribution is 2.42. The molecule has 8 heteroatoms. The van der Waals surface area contributed by atoms with Gasteiger partial charge >= 0.3 is 0 Å². The molecule has 0 aliphatic carbocycles. The maximum absolute atomic E-state index is 13.5. The van der Waals surface area contributed by atoms with Crippen LogP contribution in [0.25, 0.3) is 5.76 Å². The highest BCUT2D eigenvalue weighted by molar-refractivity contribution is 6.46. The van der Waals surface area contributed by atoms with Crippen LogP contribution in [-0.4, -0.2) is 72.6 Å². The topological polar surface area (TPSA) is 88.5 Å². The molecule has 0 aromatic heterocycles. The van der Waals surface area contributed by atoms with Gasteiger partial charge in [0.1, 0.15) is 17.6 Å². The number of carbonyl (C=O) groups excluding carboxylic acids is 2. The van der Waals surface area contributed by atoms with Gasteiger partial charge in [0.25, 0.3) is 11.7 Å². The zero-order valence-corrected chi connectivity index (χ0v) is 23.7. The molecule has 2 heterocycles. The predicted molar refractivity (Wildman–Crippen MR) is 150 cm³/mol. The first-order chi connectivity index (χ1) is 18.8. The van der Waals surface area contributed by atoms with Crippen molar-refractivity contribution < 1.29 is 28.9 Å². The Morgan fingerprint density at radius 1 is 1.10 bits per heavy atom. The molecule has 210 valence electrons. The molecule has 0 bridgehead atoms. The van der Waals surface area contributed by atoms with E-state index in [4.69, 9.17) is 14.2 Å². The molecule has 1 amide bonds. The van der Waals surface area contributed by atoms with Gasteiger partial charge in [-0.1, -0.05) is 33.3 Å². The van der Waals surface area contributed by atoms with Gasteiger partial charge in [-0.25, -0.2) is 0 Å². The van der Waals surface area contributed by atoms with Crippen molar-refractivity contribution in [3.8, 4) is 17.2 Å². The van der Waals surface area contributed by atoms with E-state index < -0.39 is 17.7 Å². The lowest BCUT2D eigenvalue weighted by molar-refractivity contribution is -0.140. The number of methoxy groups -OCH3 is 1. The Morgan fingerprint density at radius 2 is 1.87 bits per heavy atom. The van der Waals surface area contributed by atoms with E-state index in [1.165, 1.54) is 0 Å². The Labute approximate surface area is 231 Å². The first kappa shape index (κ1) is 28.5. The molecule has 1 fully saturated rings. The van der Waals surface area contributed by atoms with Crippen LogP contribution in [0.1, 0.15) is 63.3 Å². The third-order valence-corrected chi connectivity index (χ3v) is 7.52. The van der Waals surface area contributed by atoms with E-state index in [0.717, 1.165) is 43.7 Å². The summed E-state index contributed by atoms with van der Waals surface area (Å²) in [4.78, 5) is 30.6. The van der Waals surface area contributed by atoms with Crippen LogP contribution >= 0.6 is 0 Å². The lowest BCUT2D eigenvalue weighted by atomic mass is 9.94. The molecule has 1 N–H and O–H groups in total. The number of hydrogen-bond donors (Lipinski definition) is 1. The molecule has 4 rings (SSSR count). The fourth-order valence-electron chi connectivity index (χ4n) is 5.27. The summed E-state index contributed by atoms with van der Waals surface area (Å²) in [6.07, 6.45) is 2.69. The highest BCUT2D eigenvalue weighted by atomic mass is 16.5. The number of ketones is 1. The van der Waals surface area contributed by atoms with Gasteiger partial charge in [-0.15, -0.1) is 0 Å². The average molecular weight is 537 g/mol. The minimum atomic E-state index is -0.761. The number of carbonyl (C=O) groups is 2. The highest BCUT2D eigenvalue weighted by Gasteiger charge is 2.46. The Balaban J connectivity index is 1.78. The number of benzene rings is 2. The second kappa shape index (κ2) is 12.6. The Morgan fingerprint density at radius 3 is 2.56 bits per heavy atom. The number of rotatable bonds is 12. The number of aliphatic hydroxyl groups is 1. The third kappa shape index (κ3) is 5.91. The van der Waals surface area contributed by atoms with Gasteiger partial charge in [0, 0.05) is 25.1 Å². The molecule has 2 aromatic carbocycles. The van der Waals surface area contributed by atoms with Crippen molar-refractivity contribution in [2.75, 3.05) is 39.9 Å². The van der Waals surface area contributed by atoms with E-state index in [1.54, 1.807) is 24.1 Å². The molecule has 2 aliphatic heterocycles. The second-order valence-electron chi connectivity index (χ2n) is 10.1. The van der Waals surface area contributed by atoms with Crippen molar-refractivity contribution in [1.29, 1.82) is 0 Å². The standard InChI is InChI=1S/C31H40N2O6/c1-6-9-16-38-25-13-10-21(19-26(25)37-5)28-27(30(35)31(36)33(28)15-14-32(7-2)8-3)29(34)22-11-12-24-23(18-22)17-20(4)39-24/h10-13,18-20,28,34H,6-9,14-17H2,1-5H3/t20-,28+/m0/s1. The number of likely N-dealkylation sites (tertiary alicyclic amines) is 1. The van der Waals surface area contributed by atoms with Gasteiger partial charge in [0.15, 0.2) is 11.5 Å². The summed E-state index contributed by atoms with van der Waals surface area (Å²) in [5, 5.41) is 11.5. The monoisotopic (exact) mass is 536 g/mol. The van der Waals surface area contributed by atoms with Crippen molar-refractivity contribution in [3.63, 3.8) is 0 Å². The van der Waals surface area contributed by atoms with Crippen LogP contribution in [0.4, 0.5) is 0 Å². The van der Waals surface area contributed by atoms with Crippen LogP contribution in [0.3, 0.4) is 0 Å². The minimum Gasteiger partial charge on any atom is -0.507 e. The fourth-order valence-corrected chi connectivity index (χ4v) is 5.27. The van der Waals surface area contributed by atoms with Gasteiger partial charge in [-0.2, -0.15) is 0 Å². The molecule has 2 aromatic rings. The van der Waals surface area contributed by atoms with Crippen LogP contribution in [-0.2, 0) is 16.0 Å². The van der Waals surface area contributed by atoms with Crippen molar-refractivity contribution in [3.05, 3.63) is 58.7 Å². The Kier molecular flexibility index (Phi) is 9.17. The van der Waals surface area contributed by atoms with Crippen LogP contribution in [0.15, 0.2) is 42.0 Å². The molecular weight excluding hydrogens is 496 g/mol. The Hall–Kier alpha value is -3.52. The van der Waals surface area contributed by atoms with Gasteiger partial charge in [-0.3, -0.25) is 9.59 Å². The zero-order chi connectivity index (χ0) is 28.1. The summed E-state index contributed by atoms with van der Waals surface area (Å²) < 4.78 is 17.3. The van der Waals surface area contributed by atoms with E-state index in [0.29, 0.717) is 42.3 Å². The molecule has 39 heavy (non-hydrogen) atoms. The van der Waals surface area contributed by atoms with Crippen molar-refractivity contribution in [2.24, 2.45) is 0 Å². The molecular formula is C31H40N2O6. The molecule has 0 saturated carbocycles. The summed E-state index contributed by atoms with van der Waals surface area (Å²) in [5.41, 5.74) is 2.21. The Bertz CT molecular complexity index is 1240. The molecule has 2 atom stereocenters. The van der Waals surface area contributed by atoms with Crippen LogP contribution in [0.2, 0.25) is 0 Å². The summed E-state index contributed by atoms with van der Waals surface area (Å²) in [5.74, 6) is 0.398. The van der Waals surface area contributed by atoms with E-state index in [2.05, 4.69) is 25.7 Å². The summed E-state index contributed by atoms with van der Waals surface area (Å²) in [6, 6.07) is 10.1. The normalized spacial score (nSPS) is 19.9. The van der Waals surface area contributed by atoms with Gasteiger partial charge in [0.2, 0.25) is 0 Å². The quantitative estimate of drug-likeness (QED) is 0.178. The van der Waals surface area contributed by atoms with Crippen molar-refractivity contribution in [1.82, 2.24) is 9.80 Å². The van der Waals surface area contributed by atoms with Crippen LogP contribution in [0.5, 0.6) is 17.2 Å². The number of unbranched alkanes of at least 4 members (excludes halogenated alkanes) is 1. The summed E-state index contributed by atoms with van der Waals surface area (Å²) >= 11 is 0. The first-order valence-corrected chi connectivity index (χ1v) is 13.9. The van der Waals surface area contributed by atoms with E-state index in [1.807, 2.05) is 31.2 Å². The second-order valence-corrected chi connectivity index (χ2v) is 10.1. The zero-order valence-electron chi connectivity index (χ0n) is 23.7. The minimum absolute atomic E-state index is 0.0496. The number of ether oxygens (including phenoxy) is 3. The van der Waals surface area contributed by atoms with Gasteiger partial charge in [-0.05, 0) is 67.9 Å². The number of hydrogen-bond acceptors (Lipinski definition) is 7. The maximum Gasteiger partial charge on any atom is 0.295 e. The van der Waals surface area contributed by atoms with Crippen molar-refractivity contribution >= 4 is 17.4 Å².